The van der Waals surface area contributed by atoms with Crippen molar-refractivity contribution in [3.05, 3.63) is 28.0 Å². The minimum Gasteiger partial charge on any atom is -0.481 e. The van der Waals surface area contributed by atoms with Crippen molar-refractivity contribution >= 4 is 29.4 Å². The summed E-state index contributed by atoms with van der Waals surface area (Å²) in [5, 5.41) is 18.6. The lowest BCUT2D eigenvalue weighted by molar-refractivity contribution is -0.135. The van der Waals surface area contributed by atoms with Crippen molar-refractivity contribution < 1.29 is 19.8 Å². The Labute approximate surface area is 84.1 Å². The van der Waals surface area contributed by atoms with Gasteiger partial charge in [0.25, 0.3) is 0 Å². The van der Waals surface area contributed by atoms with Gasteiger partial charge < -0.3 is 10.2 Å². The molecule has 1 heterocycles. The van der Waals surface area contributed by atoms with E-state index in [-0.39, 0.29) is 11.3 Å². The van der Waals surface area contributed by atoms with E-state index in [1.807, 2.05) is 0 Å². The minimum absolute atomic E-state index is 0.0573. The monoisotopic (exact) mass is 212 g/mol. The molecular formula is C9H8O4S. The summed E-state index contributed by atoms with van der Waals surface area (Å²) in [7, 11) is 0. The van der Waals surface area contributed by atoms with Gasteiger partial charge in [-0.25, -0.2) is 4.79 Å². The molecule has 0 fully saturated rings. The summed E-state index contributed by atoms with van der Waals surface area (Å²) < 4.78 is 0. The Morgan fingerprint density at radius 1 is 1.43 bits per heavy atom. The molecule has 0 atom stereocenters. The first-order chi connectivity index (χ1) is 6.59. The highest BCUT2D eigenvalue weighted by atomic mass is 32.1. The predicted molar refractivity (Wildman–Crippen MR) is 52.6 cm³/mol. The van der Waals surface area contributed by atoms with Gasteiger partial charge in [-0.2, -0.15) is 0 Å². The zero-order chi connectivity index (χ0) is 10.6. The van der Waals surface area contributed by atoms with Crippen molar-refractivity contribution in [2.45, 2.75) is 6.42 Å². The Bertz CT molecular complexity index is 378. The molecule has 0 radical (unpaired) electrons. The van der Waals surface area contributed by atoms with E-state index in [2.05, 4.69) is 0 Å². The van der Waals surface area contributed by atoms with E-state index < -0.39 is 11.9 Å². The van der Waals surface area contributed by atoms with Crippen molar-refractivity contribution in [3.8, 4) is 0 Å². The third-order valence-electron chi connectivity index (χ3n) is 1.43. The van der Waals surface area contributed by atoms with Crippen LogP contribution in [0.2, 0.25) is 0 Å². The van der Waals surface area contributed by atoms with E-state index in [1.54, 1.807) is 11.5 Å². The highest BCUT2D eigenvalue weighted by Gasteiger charge is 2.04. The first-order valence-corrected chi connectivity index (χ1v) is 4.67. The molecule has 0 aromatic carbocycles. The van der Waals surface area contributed by atoms with Crippen LogP contribution in [0, 0.1) is 0 Å². The van der Waals surface area contributed by atoms with Gasteiger partial charge in [-0.3, -0.25) is 4.79 Å². The van der Waals surface area contributed by atoms with Gasteiger partial charge in [-0.1, -0.05) is 12.2 Å². The van der Waals surface area contributed by atoms with E-state index in [1.165, 1.54) is 12.1 Å². The highest BCUT2D eigenvalue weighted by Crippen LogP contribution is 2.15. The average molecular weight is 212 g/mol. The second-order valence-corrected chi connectivity index (χ2v) is 3.46. The van der Waals surface area contributed by atoms with Crippen LogP contribution in [-0.2, 0) is 4.79 Å². The Kier molecular flexibility index (Phi) is 3.41. The molecule has 74 valence electrons. The van der Waals surface area contributed by atoms with Crippen molar-refractivity contribution in [1.29, 1.82) is 0 Å². The molecule has 0 unspecified atom stereocenters. The molecular weight excluding hydrogens is 204 g/mol. The summed E-state index contributed by atoms with van der Waals surface area (Å²) in [6.45, 7) is 0. The minimum atomic E-state index is -0.965. The largest absolute Gasteiger partial charge is 0.481 e. The van der Waals surface area contributed by atoms with Crippen LogP contribution in [0.4, 0.5) is 0 Å². The molecule has 0 bridgehead atoms. The summed E-state index contributed by atoms with van der Waals surface area (Å²) in [6.07, 6.45) is 3.02. The number of hydrogen-bond acceptors (Lipinski definition) is 3. The zero-order valence-electron chi connectivity index (χ0n) is 7.14. The lowest BCUT2D eigenvalue weighted by Crippen LogP contribution is -1.90. The third kappa shape index (κ3) is 3.02. The van der Waals surface area contributed by atoms with Gasteiger partial charge in [-0.05, 0) is 17.0 Å². The molecule has 0 amide bonds. The molecule has 0 aliphatic heterocycles. The van der Waals surface area contributed by atoms with Crippen molar-refractivity contribution in [1.82, 2.24) is 0 Å². The van der Waals surface area contributed by atoms with Crippen LogP contribution in [0.3, 0.4) is 0 Å². The highest BCUT2D eigenvalue weighted by molar-refractivity contribution is 7.12. The summed E-state index contributed by atoms with van der Waals surface area (Å²) in [5.74, 6) is -1.87. The van der Waals surface area contributed by atoms with Crippen LogP contribution in [-0.4, -0.2) is 22.2 Å². The Morgan fingerprint density at radius 2 is 2.14 bits per heavy atom. The van der Waals surface area contributed by atoms with Crippen LogP contribution in [0.15, 0.2) is 17.5 Å². The van der Waals surface area contributed by atoms with Crippen LogP contribution in [0.5, 0.6) is 0 Å². The SMILES string of the molecule is O=C(O)CC=Cc1csc(C(=O)O)c1. The maximum atomic E-state index is 10.5. The van der Waals surface area contributed by atoms with E-state index in [0.29, 0.717) is 5.56 Å². The van der Waals surface area contributed by atoms with Crippen LogP contribution < -0.4 is 0 Å². The molecule has 14 heavy (non-hydrogen) atoms. The van der Waals surface area contributed by atoms with Gasteiger partial charge in [0.2, 0.25) is 0 Å². The Hall–Kier alpha value is -1.62. The van der Waals surface area contributed by atoms with Crippen LogP contribution >= 0.6 is 11.3 Å². The van der Waals surface area contributed by atoms with Gasteiger partial charge in [0, 0.05) is 0 Å². The molecule has 2 N–H and O–H groups in total. The zero-order valence-corrected chi connectivity index (χ0v) is 7.95. The van der Waals surface area contributed by atoms with Gasteiger partial charge in [0.15, 0.2) is 0 Å². The first kappa shape index (κ1) is 10.5. The second-order valence-electron chi connectivity index (χ2n) is 2.55. The average Bonchev–Trinajstić information content (AvgIpc) is 2.52. The Balaban J connectivity index is 2.64. The molecule has 1 aromatic rings. The molecule has 0 spiro atoms. The number of hydrogen-bond donors (Lipinski definition) is 2. The van der Waals surface area contributed by atoms with E-state index in [0.717, 1.165) is 11.3 Å². The lowest BCUT2D eigenvalue weighted by Gasteiger charge is -1.84. The Morgan fingerprint density at radius 3 is 2.64 bits per heavy atom. The fraction of sp³-hybridized carbons (Fsp3) is 0.111. The molecule has 0 aliphatic carbocycles. The quantitative estimate of drug-likeness (QED) is 0.799. The number of carbonyl (C=O) groups is 2. The second kappa shape index (κ2) is 4.57. The molecule has 0 aliphatic rings. The van der Waals surface area contributed by atoms with Gasteiger partial charge >= 0.3 is 11.9 Å². The van der Waals surface area contributed by atoms with E-state index in [9.17, 15) is 9.59 Å². The predicted octanol–water partition coefficient (Wildman–Crippen LogP) is 1.93. The van der Waals surface area contributed by atoms with Gasteiger partial charge in [-0.15, -0.1) is 11.3 Å². The molecule has 0 saturated heterocycles. The number of aliphatic carboxylic acids is 1. The molecule has 4 nitrogen and oxygen atoms in total. The molecule has 1 rings (SSSR count). The third-order valence-corrected chi connectivity index (χ3v) is 2.37. The molecule has 5 heteroatoms. The number of thiophene rings is 1. The van der Waals surface area contributed by atoms with E-state index >= 15 is 0 Å². The first-order valence-electron chi connectivity index (χ1n) is 3.80. The fourth-order valence-electron chi connectivity index (χ4n) is 0.846. The maximum Gasteiger partial charge on any atom is 0.345 e. The summed E-state index contributed by atoms with van der Waals surface area (Å²) >= 11 is 1.12. The summed E-state index contributed by atoms with van der Waals surface area (Å²) in [4.78, 5) is 20.9. The topological polar surface area (TPSA) is 74.6 Å². The number of carboxylic acids is 2. The standard InChI is InChI=1S/C9H8O4S/c10-8(11)3-1-2-6-4-7(9(12)13)14-5-6/h1-2,4-5H,3H2,(H,10,11)(H,12,13). The number of rotatable bonds is 4. The normalized spacial score (nSPS) is 10.6. The fourth-order valence-corrected chi connectivity index (χ4v) is 1.56. The van der Waals surface area contributed by atoms with Crippen molar-refractivity contribution in [3.63, 3.8) is 0 Å². The van der Waals surface area contributed by atoms with E-state index in [4.69, 9.17) is 10.2 Å². The maximum absolute atomic E-state index is 10.5. The molecule has 1 aromatic heterocycles. The smallest absolute Gasteiger partial charge is 0.345 e. The summed E-state index contributed by atoms with van der Waals surface area (Å²) in [6, 6.07) is 1.51. The number of carboxylic acid groups (broad SMARTS) is 2. The van der Waals surface area contributed by atoms with Gasteiger partial charge in [0.05, 0.1) is 6.42 Å². The van der Waals surface area contributed by atoms with Crippen molar-refractivity contribution in [2.24, 2.45) is 0 Å². The van der Waals surface area contributed by atoms with Crippen LogP contribution in [0.1, 0.15) is 21.7 Å². The van der Waals surface area contributed by atoms with Crippen molar-refractivity contribution in [2.75, 3.05) is 0 Å². The van der Waals surface area contributed by atoms with Crippen LogP contribution in [0.25, 0.3) is 6.08 Å². The molecule has 0 saturated carbocycles. The lowest BCUT2D eigenvalue weighted by atomic mass is 10.2. The number of aromatic carboxylic acids is 1. The summed E-state index contributed by atoms with van der Waals surface area (Å²) in [5.41, 5.74) is 0.716. The van der Waals surface area contributed by atoms with Gasteiger partial charge in [0.1, 0.15) is 4.88 Å².